The van der Waals surface area contributed by atoms with Crippen LogP contribution in [0.1, 0.15) is 38.5 Å². The number of hydrogen-bond donors (Lipinski definition) is 0. The maximum atomic E-state index is 10.8. The van der Waals surface area contributed by atoms with Gasteiger partial charge in [0.2, 0.25) is 0 Å². The maximum Gasteiger partial charge on any atom is 0.404 e. The molecular weight excluding hydrogens is 378 g/mol. The van der Waals surface area contributed by atoms with Crippen molar-refractivity contribution >= 4 is 37.7 Å². The van der Waals surface area contributed by atoms with Gasteiger partial charge in [0.05, 0.1) is 17.8 Å². The second-order valence-electron chi connectivity index (χ2n) is 5.30. The van der Waals surface area contributed by atoms with Crippen LogP contribution in [0.15, 0.2) is 10.7 Å². The number of alkyl halides is 1. The lowest BCUT2D eigenvalue weighted by atomic mass is 9.82. The fourth-order valence-electron chi connectivity index (χ4n) is 2.75. The van der Waals surface area contributed by atoms with Crippen molar-refractivity contribution < 1.29 is 4.92 Å². The molecule has 0 N–H and O–H groups in total. The number of nitro groups is 1. The Hall–Kier alpha value is -0.430. The zero-order chi connectivity index (χ0) is 13.9. The Morgan fingerprint density at radius 3 is 2.47 bits per heavy atom. The van der Waals surface area contributed by atoms with Gasteiger partial charge in [-0.05, 0) is 33.7 Å². The topological polar surface area (TPSA) is 61.0 Å². The summed E-state index contributed by atoms with van der Waals surface area (Å²) in [4.78, 5) is 10.4. The number of nitrogens with zero attached hydrogens (tertiary/aromatic N) is 3. The fourth-order valence-corrected chi connectivity index (χ4v) is 3.95. The molecule has 1 saturated carbocycles. The minimum Gasteiger partial charge on any atom is -0.358 e. The molecule has 1 aliphatic rings. The molecule has 2 rings (SSSR count). The van der Waals surface area contributed by atoms with Crippen LogP contribution in [0.4, 0.5) is 5.82 Å². The highest BCUT2D eigenvalue weighted by atomic mass is 79.9. The molecule has 0 bridgehead atoms. The summed E-state index contributed by atoms with van der Waals surface area (Å²) in [6.45, 7) is 0.741. The Morgan fingerprint density at radius 2 is 2.00 bits per heavy atom. The van der Waals surface area contributed by atoms with Crippen LogP contribution in [0.2, 0.25) is 0 Å². The summed E-state index contributed by atoms with van der Waals surface area (Å²) < 4.78 is 2.17. The fraction of sp³-hybridized carbons (Fsp3) is 0.750. The molecule has 0 spiro atoms. The highest BCUT2D eigenvalue weighted by Crippen LogP contribution is 2.38. The molecule has 106 valence electrons. The van der Waals surface area contributed by atoms with Crippen molar-refractivity contribution in [3.63, 3.8) is 0 Å². The van der Waals surface area contributed by atoms with Crippen LogP contribution in [0, 0.1) is 15.5 Å². The van der Waals surface area contributed by atoms with E-state index in [1.54, 1.807) is 10.9 Å². The van der Waals surface area contributed by atoms with E-state index in [9.17, 15) is 10.1 Å². The largest absolute Gasteiger partial charge is 0.404 e. The van der Waals surface area contributed by atoms with Crippen LogP contribution in [-0.4, -0.2) is 20.0 Å². The third-order valence-corrected chi connectivity index (χ3v) is 5.57. The van der Waals surface area contributed by atoms with Gasteiger partial charge >= 0.3 is 5.82 Å². The Balaban J connectivity index is 2.17. The van der Waals surface area contributed by atoms with Gasteiger partial charge in [-0.3, -0.25) is 0 Å². The van der Waals surface area contributed by atoms with Gasteiger partial charge in [-0.2, -0.15) is 4.68 Å². The van der Waals surface area contributed by atoms with Crippen LogP contribution in [-0.2, 0) is 6.54 Å². The Labute approximate surface area is 129 Å². The quantitative estimate of drug-likeness (QED) is 0.331. The molecule has 1 aliphatic carbocycles. The van der Waals surface area contributed by atoms with Crippen molar-refractivity contribution in [2.75, 3.05) is 5.33 Å². The summed E-state index contributed by atoms with van der Waals surface area (Å²) in [7, 11) is 0. The number of rotatable bonds is 4. The van der Waals surface area contributed by atoms with Crippen LogP contribution in [0.5, 0.6) is 0 Å². The molecule has 0 saturated heterocycles. The van der Waals surface area contributed by atoms with Gasteiger partial charge < -0.3 is 10.1 Å². The minimum atomic E-state index is -0.450. The minimum absolute atomic E-state index is 0.0988. The molecule has 1 aromatic rings. The van der Waals surface area contributed by atoms with Crippen molar-refractivity contribution in [1.29, 1.82) is 0 Å². The highest BCUT2D eigenvalue weighted by Gasteiger charge is 2.32. The average Bonchev–Trinajstić information content (AvgIpc) is 2.60. The van der Waals surface area contributed by atoms with Crippen molar-refractivity contribution in [2.45, 2.75) is 45.1 Å². The van der Waals surface area contributed by atoms with Crippen molar-refractivity contribution in [2.24, 2.45) is 5.41 Å². The molecule has 1 aromatic heterocycles. The Kier molecular flexibility index (Phi) is 5.00. The second-order valence-corrected chi connectivity index (χ2v) is 6.72. The smallest absolute Gasteiger partial charge is 0.358 e. The number of aromatic nitrogens is 2. The van der Waals surface area contributed by atoms with Gasteiger partial charge in [0, 0.05) is 10.7 Å². The summed E-state index contributed by atoms with van der Waals surface area (Å²) in [5, 5.41) is 15.8. The summed E-state index contributed by atoms with van der Waals surface area (Å²) in [6, 6.07) is 0. The number of hydrogen-bond acceptors (Lipinski definition) is 3. The van der Waals surface area contributed by atoms with E-state index in [1.165, 1.54) is 25.7 Å². The summed E-state index contributed by atoms with van der Waals surface area (Å²) in [5.74, 6) is -0.0988. The standard InChI is InChI=1S/C12H17Br2N3O2/c13-8-12(5-3-1-2-4-6-12)9-16-7-10(14)11(15-16)17(18)19/h7H,1-6,8-9H2. The molecule has 0 amide bonds. The highest BCUT2D eigenvalue weighted by molar-refractivity contribution is 9.10. The molecule has 0 aliphatic heterocycles. The van der Waals surface area contributed by atoms with Gasteiger partial charge in [0.1, 0.15) is 4.47 Å². The molecule has 7 heteroatoms. The first kappa shape index (κ1) is 15.0. The molecular formula is C12H17Br2N3O2. The summed E-state index contributed by atoms with van der Waals surface area (Å²) >= 11 is 6.83. The Bertz CT molecular complexity index is 454. The summed E-state index contributed by atoms with van der Waals surface area (Å²) in [6.07, 6.45) is 9.07. The van der Waals surface area contributed by atoms with Gasteiger partial charge in [0.25, 0.3) is 0 Å². The van der Waals surface area contributed by atoms with Crippen LogP contribution in [0.25, 0.3) is 0 Å². The van der Waals surface area contributed by atoms with Gasteiger partial charge in [-0.15, -0.1) is 0 Å². The first-order valence-electron chi connectivity index (χ1n) is 6.50. The predicted octanol–water partition coefficient (Wildman–Crippen LogP) is 4.29. The van der Waals surface area contributed by atoms with Crippen LogP contribution >= 0.6 is 31.9 Å². The normalized spacial score (nSPS) is 19.1. The van der Waals surface area contributed by atoms with Gasteiger partial charge in [-0.25, -0.2) is 0 Å². The van der Waals surface area contributed by atoms with Crippen molar-refractivity contribution in [3.05, 3.63) is 20.8 Å². The third-order valence-electron chi connectivity index (χ3n) is 3.82. The maximum absolute atomic E-state index is 10.8. The molecule has 1 fully saturated rings. The van der Waals surface area contributed by atoms with E-state index >= 15 is 0 Å². The van der Waals surface area contributed by atoms with Crippen molar-refractivity contribution in [3.8, 4) is 0 Å². The molecule has 1 heterocycles. The lowest BCUT2D eigenvalue weighted by Gasteiger charge is -2.29. The van der Waals surface area contributed by atoms with E-state index < -0.39 is 4.92 Å². The Morgan fingerprint density at radius 1 is 1.37 bits per heavy atom. The van der Waals surface area contributed by atoms with E-state index in [1.807, 2.05) is 0 Å². The van der Waals surface area contributed by atoms with E-state index in [4.69, 9.17) is 0 Å². The molecule has 0 atom stereocenters. The first-order chi connectivity index (χ1) is 9.06. The molecule has 0 aromatic carbocycles. The van der Waals surface area contributed by atoms with Crippen molar-refractivity contribution in [1.82, 2.24) is 9.78 Å². The molecule has 0 unspecified atom stereocenters. The van der Waals surface area contributed by atoms with E-state index in [0.29, 0.717) is 4.47 Å². The zero-order valence-corrected chi connectivity index (χ0v) is 13.8. The van der Waals surface area contributed by atoms with E-state index in [-0.39, 0.29) is 11.2 Å². The number of halogens is 2. The average molecular weight is 395 g/mol. The lowest BCUT2D eigenvalue weighted by molar-refractivity contribution is -0.390. The third kappa shape index (κ3) is 3.56. The molecule has 5 nitrogen and oxygen atoms in total. The summed E-state index contributed by atoms with van der Waals surface area (Å²) in [5.41, 5.74) is 0.176. The first-order valence-corrected chi connectivity index (χ1v) is 8.41. The van der Waals surface area contributed by atoms with Gasteiger partial charge in [-0.1, -0.05) is 41.6 Å². The lowest BCUT2D eigenvalue weighted by Crippen LogP contribution is -2.28. The predicted molar refractivity (Wildman–Crippen MR) is 80.5 cm³/mol. The van der Waals surface area contributed by atoms with E-state index in [2.05, 4.69) is 37.0 Å². The molecule has 0 radical (unpaired) electrons. The second kappa shape index (κ2) is 6.35. The van der Waals surface area contributed by atoms with Gasteiger partial charge in [0.15, 0.2) is 0 Å². The van der Waals surface area contributed by atoms with Crippen LogP contribution in [0.3, 0.4) is 0 Å². The monoisotopic (exact) mass is 393 g/mol. The molecule has 19 heavy (non-hydrogen) atoms. The SMILES string of the molecule is O=[N+]([O-])c1nn(CC2(CBr)CCCCCC2)cc1Br. The van der Waals surface area contributed by atoms with E-state index in [0.717, 1.165) is 24.7 Å². The van der Waals surface area contributed by atoms with Crippen LogP contribution < -0.4 is 0 Å². The zero-order valence-electron chi connectivity index (χ0n) is 10.6.